The number of hydrogen-bond donors (Lipinski definition) is 2. The van der Waals surface area contributed by atoms with Gasteiger partial charge in [0.2, 0.25) is 5.95 Å². The highest BCUT2D eigenvalue weighted by Gasteiger charge is 2.21. The molecule has 2 N–H and O–H groups in total. The number of halogens is 1. The minimum absolute atomic E-state index is 0. The van der Waals surface area contributed by atoms with Crippen LogP contribution >= 0.6 is 24.2 Å². The third kappa shape index (κ3) is 4.63. The molecule has 154 valence electrons. The highest BCUT2D eigenvalue weighted by atomic mass is 35.5. The molecule has 3 aromatic rings. The van der Waals surface area contributed by atoms with Gasteiger partial charge in [-0.3, -0.25) is 14.7 Å². The smallest absolute Gasteiger partial charge is 0.258 e. The van der Waals surface area contributed by atoms with E-state index in [1.54, 1.807) is 41.8 Å². The highest BCUT2D eigenvalue weighted by Crippen LogP contribution is 2.23. The van der Waals surface area contributed by atoms with Gasteiger partial charge in [-0.2, -0.15) is 10.1 Å². The van der Waals surface area contributed by atoms with Crippen molar-refractivity contribution in [1.29, 1.82) is 0 Å². The maximum Gasteiger partial charge on any atom is 0.258 e. The van der Waals surface area contributed by atoms with Gasteiger partial charge in [-0.05, 0) is 56.5 Å². The topological polar surface area (TPSA) is 89.7 Å². The molecular formula is C19H24ClN7OS. The van der Waals surface area contributed by atoms with Crippen molar-refractivity contribution >= 4 is 36.0 Å². The van der Waals surface area contributed by atoms with Crippen LogP contribution in [0, 0.1) is 0 Å². The summed E-state index contributed by atoms with van der Waals surface area (Å²) in [6, 6.07) is 7.43. The number of piperidine rings is 1. The number of aryl methyl sites for hydroxylation is 1. The van der Waals surface area contributed by atoms with E-state index in [4.69, 9.17) is 0 Å². The number of aromatic nitrogens is 5. The molecule has 1 saturated heterocycles. The van der Waals surface area contributed by atoms with E-state index in [0.29, 0.717) is 17.4 Å². The molecule has 1 aromatic carbocycles. The molecule has 10 heteroatoms. The Balaban J connectivity index is 0.00000240. The van der Waals surface area contributed by atoms with E-state index in [1.807, 2.05) is 29.2 Å². The molecule has 1 fully saturated rings. The van der Waals surface area contributed by atoms with Gasteiger partial charge < -0.3 is 5.32 Å². The fraction of sp³-hybridized carbons (Fsp3) is 0.368. The Hall–Kier alpha value is -2.36. The molecule has 29 heavy (non-hydrogen) atoms. The van der Waals surface area contributed by atoms with E-state index >= 15 is 0 Å². The zero-order valence-corrected chi connectivity index (χ0v) is 18.0. The molecule has 2 aromatic heterocycles. The third-order valence-corrected chi connectivity index (χ3v) is 5.57. The second kappa shape index (κ2) is 9.43. The fourth-order valence-electron chi connectivity index (χ4n) is 3.35. The SMILES string of the molecule is CSc1nccn1-c1ccc(C(=O)Nc2nc(C3CCNCC3)nn2C)cc1.Cl. The fourth-order valence-corrected chi connectivity index (χ4v) is 3.88. The van der Waals surface area contributed by atoms with Gasteiger partial charge >= 0.3 is 0 Å². The number of thioether (sulfide) groups is 1. The molecule has 3 heterocycles. The lowest BCUT2D eigenvalue weighted by Crippen LogP contribution is -2.27. The summed E-state index contributed by atoms with van der Waals surface area (Å²) in [5.74, 6) is 1.43. The summed E-state index contributed by atoms with van der Waals surface area (Å²) < 4.78 is 3.63. The molecule has 1 aliphatic rings. The van der Waals surface area contributed by atoms with Crippen LogP contribution in [0.15, 0.2) is 41.8 Å². The van der Waals surface area contributed by atoms with Gasteiger partial charge in [-0.25, -0.2) is 9.67 Å². The Morgan fingerprint density at radius 2 is 1.97 bits per heavy atom. The summed E-state index contributed by atoms with van der Waals surface area (Å²) in [7, 11) is 1.80. The second-order valence-electron chi connectivity index (χ2n) is 6.73. The standard InChI is InChI=1S/C19H23N7OS.ClH/c1-25-18(22-16(24-25)13-7-9-20-10-8-13)23-17(27)14-3-5-15(6-4-14)26-12-11-21-19(26)28-2;/h3-6,11-13,20H,7-10H2,1-2H3,(H,22,23,24,27);1H. The van der Waals surface area contributed by atoms with Crippen LogP contribution in [0.5, 0.6) is 0 Å². The maximum atomic E-state index is 12.6. The molecule has 8 nitrogen and oxygen atoms in total. The van der Waals surface area contributed by atoms with Crippen molar-refractivity contribution in [3.05, 3.63) is 48.0 Å². The van der Waals surface area contributed by atoms with E-state index in [-0.39, 0.29) is 18.3 Å². The largest absolute Gasteiger partial charge is 0.317 e. The first-order valence-corrected chi connectivity index (χ1v) is 10.5. The quantitative estimate of drug-likeness (QED) is 0.601. The Bertz CT molecular complexity index is 963. The molecule has 0 aliphatic carbocycles. The summed E-state index contributed by atoms with van der Waals surface area (Å²) in [5, 5.41) is 11.6. The number of anilines is 1. The van der Waals surface area contributed by atoms with Crippen molar-refractivity contribution in [3.8, 4) is 5.69 Å². The van der Waals surface area contributed by atoms with E-state index in [9.17, 15) is 4.79 Å². The molecule has 0 bridgehead atoms. The lowest BCUT2D eigenvalue weighted by molar-refractivity contribution is 0.102. The number of benzene rings is 1. The van der Waals surface area contributed by atoms with Gasteiger partial charge in [0.05, 0.1) is 0 Å². The van der Waals surface area contributed by atoms with E-state index in [0.717, 1.165) is 42.6 Å². The first kappa shape index (κ1) is 21.4. The van der Waals surface area contributed by atoms with E-state index in [2.05, 4.69) is 25.7 Å². The number of hydrogen-bond acceptors (Lipinski definition) is 6. The Labute approximate surface area is 179 Å². The number of carbonyl (C=O) groups excluding carboxylic acids is 1. The lowest BCUT2D eigenvalue weighted by Gasteiger charge is -2.19. The van der Waals surface area contributed by atoms with Gasteiger partial charge in [0.1, 0.15) is 0 Å². The Morgan fingerprint density at radius 3 is 2.66 bits per heavy atom. The van der Waals surface area contributed by atoms with Crippen LogP contribution in [0.2, 0.25) is 0 Å². The van der Waals surface area contributed by atoms with Crippen LogP contribution < -0.4 is 10.6 Å². The summed E-state index contributed by atoms with van der Waals surface area (Å²) in [4.78, 5) is 21.5. The van der Waals surface area contributed by atoms with Crippen molar-refractivity contribution < 1.29 is 4.79 Å². The van der Waals surface area contributed by atoms with Crippen molar-refractivity contribution in [2.45, 2.75) is 23.9 Å². The zero-order valence-electron chi connectivity index (χ0n) is 16.3. The number of imidazole rings is 1. The van der Waals surface area contributed by atoms with Gasteiger partial charge in [0.15, 0.2) is 11.0 Å². The summed E-state index contributed by atoms with van der Waals surface area (Å²) in [5.41, 5.74) is 1.53. The van der Waals surface area contributed by atoms with Crippen molar-refractivity contribution in [1.82, 2.24) is 29.6 Å². The summed E-state index contributed by atoms with van der Waals surface area (Å²) in [6.45, 7) is 1.96. The molecule has 4 rings (SSSR count). The first-order valence-electron chi connectivity index (χ1n) is 9.26. The van der Waals surface area contributed by atoms with Crippen molar-refractivity contribution in [3.63, 3.8) is 0 Å². The van der Waals surface area contributed by atoms with E-state index in [1.165, 1.54) is 0 Å². The van der Waals surface area contributed by atoms with Crippen LogP contribution in [0.25, 0.3) is 5.69 Å². The molecular weight excluding hydrogens is 410 g/mol. The monoisotopic (exact) mass is 433 g/mol. The number of rotatable bonds is 5. The predicted octanol–water partition coefficient (Wildman–Crippen LogP) is 2.86. The van der Waals surface area contributed by atoms with Gasteiger partial charge in [0.25, 0.3) is 5.91 Å². The molecule has 0 spiro atoms. The molecule has 0 atom stereocenters. The van der Waals surface area contributed by atoms with E-state index < -0.39 is 0 Å². The first-order chi connectivity index (χ1) is 13.7. The van der Waals surface area contributed by atoms with Crippen LogP contribution in [0.4, 0.5) is 5.95 Å². The minimum Gasteiger partial charge on any atom is -0.317 e. The molecule has 1 amide bonds. The van der Waals surface area contributed by atoms with Crippen LogP contribution in [0.3, 0.4) is 0 Å². The number of amides is 1. The second-order valence-corrected chi connectivity index (χ2v) is 7.50. The van der Waals surface area contributed by atoms with Gasteiger partial charge in [0, 0.05) is 36.6 Å². The van der Waals surface area contributed by atoms with Crippen LogP contribution in [-0.4, -0.2) is 49.6 Å². The third-order valence-electron chi connectivity index (χ3n) is 4.91. The van der Waals surface area contributed by atoms with Crippen molar-refractivity contribution in [2.75, 3.05) is 24.7 Å². The molecule has 0 radical (unpaired) electrons. The number of nitrogens with one attached hydrogen (secondary N) is 2. The lowest BCUT2D eigenvalue weighted by atomic mass is 9.98. The minimum atomic E-state index is -0.199. The number of carbonyl (C=O) groups is 1. The highest BCUT2D eigenvalue weighted by molar-refractivity contribution is 7.98. The predicted molar refractivity (Wildman–Crippen MR) is 116 cm³/mol. The molecule has 0 saturated carbocycles. The Morgan fingerprint density at radius 1 is 1.24 bits per heavy atom. The Kier molecular flexibility index (Phi) is 6.94. The van der Waals surface area contributed by atoms with Crippen molar-refractivity contribution in [2.24, 2.45) is 7.05 Å². The maximum absolute atomic E-state index is 12.6. The number of nitrogens with zero attached hydrogens (tertiary/aromatic N) is 5. The molecule has 1 aliphatic heterocycles. The normalized spacial score (nSPS) is 14.4. The van der Waals surface area contributed by atoms with Gasteiger partial charge in [-0.1, -0.05) is 11.8 Å². The van der Waals surface area contributed by atoms with Crippen LogP contribution in [0.1, 0.15) is 34.9 Å². The average Bonchev–Trinajstić information content (AvgIpc) is 3.35. The average molecular weight is 434 g/mol. The van der Waals surface area contributed by atoms with Crippen LogP contribution in [-0.2, 0) is 7.05 Å². The summed E-state index contributed by atoms with van der Waals surface area (Å²) >= 11 is 1.58. The van der Waals surface area contributed by atoms with Gasteiger partial charge in [-0.15, -0.1) is 12.4 Å². The summed E-state index contributed by atoms with van der Waals surface area (Å²) in [6.07, 6.45) is 7.69. The molecule has 0 unspecified atom stereocenters. The zero-order chi connectivity index (χ0) is 19.5.